The summed E-state index contributed by atoms with van der Waals surface area (Å²) in [5.74, 6) is 0. The van der Waals surface area contributed by atoms with Gasteiger partial charge in [-0.2, -0.15) is 0 Å². The van der Waals surface area contributed by atoms with E-state index in [1.54, 1.807) is 0 Å². The Labute approximate surface area is 58.1 Å². The van der Waals surface area contributed by atoms with Gasteiger partial charge >= 0.3 is 59.1 Å². The quantitative estimate of drug-likeness (QED) is 0.404. The number of hydrogen-bond acceptors (Lipinski definition) is 5. The molecule has 42 valence electrons. The molecule has 0 rings (SSSR count). The molecule has 0 aliphatic rings. The fourth-order valence-corrected chi connectivity index (χ4v) is 0. The number of rotatable bonds is 0. The van der Waals surface area contributed by atoms with Gasteiger partial charge in [0.05, 0.1) is 0 Å². The van der Waals surface area contributed by atoms with E-state index >= 15 is 0 Å². The van der Waals surface area contributed by atoms with Crippen molar-refractivity contribution < 1.29 is 0 Å². The molecule has 0 atom stereocenters. The minimum atomic E-state index is -3.52. The summed E-state index contributed by atoms with van der Waals surface area (Å²) in [6.07, 6.45) is 0. The van der Waals surface area contributed by atoms with Gasteiger partial charge in [0.25, 0.3) is 0 Å². The van der Waals surface area contributed by atoms with Gasteiger partial charge in [-0.1, -0.05) is 0 Å². The Morgan fingerprint density at radius 3 is 1.00 bits per heavy atom. The molecule has 0 spiro atoms. The zero-order valence-corrected chi connectivity index (χ0v) is 8.78. The van der Waals surface area contributed by atoms with Crippen molar-refractivity contribution in [2.45, 2.75) is 0 Å². The Kier molecular flexibility index (Phi) is 2.85. The van der Waals surface area contributed by atoms with Crippen LogP contribution >= 0.6 is 19.9 Å². The summed E-state index contributed by atoms with van der Waals surface area (Å²) in [7, 11) is 18.3. The Bertz CT molecular complexity index is 37.1. The molecular weight excluding hydrogens is 287 g/mol. The molecule has 0 bridgehead atoms. The average Bonchev–Trinajstić information content (AvgIpc) is 0.650. The maximum absolute atomic E-state index is 4.53. The van der Waals surface area contributed by atoms with E-state index in [1.165, 1.54) is 0 Å². The molecule has 0 aromatic rings. The van der Waals surface area contributed by atoms with Crippen molar-refractivity contribution in [2.24, 2.45) is 0 Å². The van der Waals surface area contributed by atoms with Crippen LogP contribution in [0.1, 0.15) is 0 Å². The van der Waals surface area contributed by atoms with Crippen LogP contribution in [0.4, 0.5) is 0 Å². The predicted octanol–water partition coefficient (Wildman–Crippen LogP) is 1.26. The third-order valence-electron chi connectivity index (χ3n) is 0. The van der Waals surface area contributed by atoms with E-state index in [9.17, 15) is 0 Å². The van der Waals surface area contributed by atoms with Gasteiger partial charge in [0, 0.05) is 0 Å². The van der Waals surface area contributed by atoms with E-state index in [2.05, 4.69) is 49.0 Å². The van der Waals surface area contributed by atoms with Gasteiger partial charge in [-0.05, 0) is 0 Å². The monoisotopic (exact) mass is 288 g/mol. The number of thiol groups is 1. The van der Waals surface area contributed by atoms with Crippen LogP contribution in [0.15, 0.2) is 0 Å². The minimum absolute atomic E-state index is 3.52. The molecule has 0 aliphatic heterocycles. The summed E-state index contributed by atoms with van der Waals surface area (Å²) in [6, 6.07) is 0. The van der Waals surface area contributed by atoms with Gasteiger partial charge in [-0.15, -0.1) is 0 Å². The summed E-state index contributed by atoms with van der Waals surface area (Å²) in [4.78, 5) is 0. The summed E-state index contributed by atoms with van der Waals surface area (Å²) in [5.41, 5.74) is 0. The zero-order valence-electron chi connectivity index (χ0n) is 2.46. The second-order valence-electron chi connectivity index (χ2n) is 0.654. The molecule has 0 amide bonds. The van der Waals surface area contributed by atoms with Crippen molar-refractivity contribution in [1.29, 1.82) is 0 Å². The van der Waals surface area contributed by atoms with Crippen LogP contribution < -0.4 is 0 Å². The predicted molar refractivity (Wildman–Crippen MR) is 52.5 cm³/mol. The van der Waals surface area contributed by atoms with Crippen LogP contribution in [-0.2, 0) is 39.2 Å². The van der Waals surface area contributed by atoms with E-state index in [0.717, 1.165) is 0 Å². The second kappa shape index (κ2) is 2.02. The van der Waals surface area contributed by atoms with Gasteiger partial charge in [-0.25, -0.2) is 0 Å². The van der Waals surface area contributed by atoms with Crippen LogP contribution in [0.25, 0.3) is 0 Å². The van der Waals surface area contributed by atoms with Crippen molar-refractivity contribution >= 4 is 59.1 Å². The number of hydrogen-bond donors (Lipinski definition) is 1. The summed E-state index contributed by atoms with van der Waals surface area (Å²) in [5, 5.41) is 0. The van der Waals surface area contributed by atoms with E-state index in [0.29, 0.717) is 0 Å². The Hall–Kier alpha value is 2.48. The molecule has 0 aromatic heterocycles. The zero-order chi connectivity index (χ0) is 5.45. The first-order chi connectivity index (χ1) is 2.24. The first kappa shape index (κ1) is 8.48. The second-order valence-corrected chi connectivity index (χ2v) is 39.5. The molecule has 6 heteroatoms. The summed E-state index contributed by atoms with van der Waals surface area (Å²) >= 11 is 0. The van der Waals surface area contributed by atoms with E-state index < -0.39 is 10.1 Å². The third kappa shape index (κ3) is 31.6. The van der Waals surface area contributed by atoms with E-state index in [1.807, 2.05) is 0 Å². The Morgan fingerprint density at radius 2 is 1.00 bits per heavy atom. The van der Waals surface area contributed by atoms with Gasteiger partial charge in [-0.3, -0.25) is 0 Å². The molecule has 0 aromatic carbocycles. The van der Waals surface area contributed by atoms with Crippen molar-refractivity contribution in [3.8, 4) is 0 Å². The van der Waals surface area contributed by atoms with Crippen molar-refractivity contribution in [3.05, 3.63) is 0 Å². The molecule has 0 nitrogen and oxygen atoms in total. The Balaban J connectivity index is 3.73. The third-order valence-corrected chi connectivity index (χ3v) is 0. The molecular formula is HIS5-4. The SMILES string of the molecule is [S-]I([S-])([S-])([S-])S. The molecule has 0 unspecified atom stereocenters. The van der Waals surface area contributed by atoms with E-state index in [4.69, 9.17) is 0 Å². The molecule has 0 fully saturated rings. The Morgan fingerprint density at radius 1 is 1.00 bits per heavy atom. The fourth-order valence-electron chi connectivity index (χ4n) is 0. The average molecular weight is 288 g/mol. The van der Waals surface area contributed by atoms with E-state index in [-0.39, 0.29) is 0 Å². The van der Waals surface area contributed by atoms with Crippen LogP contribution in [0, 0.1) is 0 Å². The van der Waals surface area contributed by atoms with Crippen molar-refractivity contribution in [1.82, 2.24) is 0 Å². The number of halogens is 1. The standard InChI is InChI=1S/HIS5/c2-1(3,4,5)6/h2H/q-4. The topological polar surface area (TPSA) is 0 Å². The molecule has 6 heavy (non-hydrogen) atoms. The maximum atomic E-state index is 4.53. The van der Waals surface area contributed by atoms with Crippen LogP contribution in [0.3, 0.4) is 0 Å². The van der Waals surface area contributed by atoms with Gasteiger partial charge < -0.3 is 0 Å². The normalized spacial score (nSPS) is 19.2. The van der Waals surface area contributed by atoms with Crippen LogP contribution in [0.2, 0.25) is 0 Å². The summed E-state index contributed by atoms with van der Waals surface area (Å²) < 4.78 is 0. The van der Waals surface area contributed by atoms with Crippen molar-refractivity contribution in [2.75, 3.05) is 0 Å². The van der Waals surface area contributed by atoms with Gasteiger partial charge in [0.1, 0.15) is 0 Å². The van der Waals surface area contributed by atoms with Crippen LogP contribution in [-0.4, -0.2) is 0 Å². The van der Waals surface area contributed by atoms with Crippen LogP contribution in [0.5, 0.6) is 0 Å². The van der Waals surface area contributed by atoms with Crippen molar-refractivity contribution in [3.63, 3.8) is 0 Å². The molecule has 0 aliphatic carbocycles. The first-order valence-corrected chi connectivity index (χ1v) is 15.8. The molecule has 0 heterocycles. The molecule has 0 radical (unpaired) electrons. The molecule has 0 saturated heterocycles. The first-order valence-electron chi connectivity index (χ1n) is 0.786. The molecule has 0 saturated carbocycles. The molecule has 0 N–H and O–H groups in total. The summed E-state index contributed by atoms with van der Waals surface area (Å²) in [6.45, 7) is 0. The fraction of sp³-hybridized carbons (Fsp3) is 0. The van der Waals surface area contributed by atoms with Gasteiger partial charge in [0.2, 0.25) is 0 Å². The van der Waals surface area contributed by atoms with Gasteiger partial charge in [0.15, 0.2) is 0 Å².